The molecule has 182 valence electrons. The van der Waals surface area contributed by atoms with E-state index in [1.165, 1.54) is 5.56 Å². The molecule has 1 aromatic heterocycles. The molecule has 5 heteroatoms. The van der Waals surface area contributed by atoms with Crippen molar-refractivity contribution in [2.45, 2.75) is 38.9 Å². The van der Waals surface area contributed by atoms with Crippen molar-refractivity contribution in [1.29, 1.82) is 0 Å². The monoisotopic (exact) mass is 484 g/mol. The second kappa shape index (κ2) is 8.95. The van der Waals surface area contributed by atoms with Crippen LogP contribution in [-0.2, 0) is 9.31 Å². The molecule has 1 aliphatic heterocycles. The maximum atomic E-state index is 6.30. The minimum Gasteiger partial charge on any atom is -0.399 e. The number of para-hydroxylation sites is 1. The maximum Gasteiger partial charge on any atom is 0.494 e. The second-order valence-electron chi connectivity index (χ2n) is 10.6. The predicted molar refractivity (Wildman–Crippen MR) is 152 cm³/mol. The molecule has 5 aromatic rings. The first-order valence-electron chi connectivity index (χ1n) is 12.7. The molecule has 1 saturated heterocycles. The third kappa shape index (κ3) is 4.35. The van der Waals surface area contributed by atoms with Gasteiger partial charge in [0.2, 0.25) is 0 Å². The Morgan fingerprint density at radius 2 is 1.19 bits per heavy atom. The lowest BCUT2D eigenvalue weighted by Crippen LogP contribution is -2.41. The zero-order chi connectivity index (χ0) is 25.6. The first kappa shape index (κ1) is 23.6. The van der Waals surface area contributed by atoms with E-state index in [0.29, 0.717) is 5.82 Å². The van der Waals surface area contributed by atoms with Crippen molar-refractivity contribution in [2.24, 2.45) is 0 Å². The molecule has 2 heterocycles. The fraction of sp³-hybridized carbons (Fsp3) is 0.188. The van der Waals surface area contributed by atoms with Gasteiger partial charge in [-0.3, -0.25) is 0 Å². The number of hydrogen-bond acceptors (Lipinski definition) is 4. The van der Waals surface area contributed by atoms with E-state index >= 15 is 0 Å². The normalized spacial score (nSPS) is 16.3. The molecule has 37 heavy (non-hydrogen) atoms. The fourth-order valence-corrected chi connectivity index (χ4v) is 4.71. The van der Waals surface area contributed by atoms with Crippen LogP contribution >= 0.6 is 0 Å². The standard InChI is InChI=1S/C32H29BN2O2/c1-31(2)32(3,4)37-33(36-31)26-17-11-16-25(21-26)30-34-28-19-9-8-18-27(28)29(35-30)24-15-10-14-23(20-24)22-12-6-5-7-13-22/h5-21H,1-4H3. The van der Waals surface area contributed by atoms with Crippen molar-refractivity contribution in [3.63, 3.8) is 0 Å². The Labute approximate surface area is 218 Å². The fourth-order valence-electron chi connectivity index (χ4n) is 4.71. The van der Waals surface area contributed by atoms with Crippen LogP contribution in [0.25, 0.3) is 44.7 Å². The second-order valence-corrected chi connectivity index (χ2v) is 10.6. The Bertz CT molecular complexity index is 1580. The third-order valence-corrected chi connectivity index (χ3v) is 7.52. The van der Waals surface area contributed by atoms with Crippen molar-refractivity contribution in [3.05, 3.63) is 103 Å². The minimum atomic E-state index is -0.438. The SMILES string of the molecule is CC1(C)OB(c2cccc(-c3nc(-c4cccc(-c5ccccc5)c4)c4ccccc4n3)c2)OC1(C)C. The molecular formula is C32H29BN2O2. The summed E-state index contributed by atoms with van der Waals surface area (Å²) in [7, 11) is -0.438. The van der Waals surface area contributed by atoms with E-state index < -0.39 is 18.3 Å². The molecule has 0 atom stereocenters. The highest BCUT2D eigenvalue weighted by molar-refractivity contribution is 6.62. The summed E-state index contributed by atoms with van der Waals surface area (Å²) in [5.74, 6) is 0.678. The summed E-state index contributed by atoms with van der Waals surface area (Å²) in [6.45, 7) is 8.27. The summed E-state index contributed by atoms with van der Waals surface area (Å²) < 4.78 is 12.6. The Kier molecular flexibility index (Phi) is 5.71. The first-order chi connectivity index (χ1) is 17.8. The van der Waals surface area contributed by atoms with Crippen molar-refractivity contribution in [2.75, 3.05) is 0 Å². The van der Waals surface area contributed by atoms with E-state index in [2.05, 4.69) is 88.4 Å². The van der Waals surface area contributed by atoms with E-state index in [9.17, 15) is 0 Å². The van der Waals surface area contributed by atoms with Gasteiger partial charge in [-0.15, -0.1) is 0 Å². The van der Waals surface area contributed by atoms with Gasteiger partial charge in [-0.25, -0.2) is 9.97 Å². The van der Waals surface area contributed by atoms with Crippen LogP contribution in [0.1, 0.15) is 27.7 Å². The Morgan fingerprint density at radius 3 is 1.97 bits per heavy atom. The van der Waals surface area contributed by atoms with Gasteiger partial charge < -0.3 is 9.31 Å². The Morgan fingerprint density at radius 1 is 0.568 bits per heavy atom. The molecule has 0 N–H and O–H groups in total. The first-order valence-corrected chi connectivity index (χ1v) is 12.7. The molecule has 0 amide bonds. The van der Waals surface area contributed by atoms with Gasteiger partial charge in [0.1, 0.15) is 0 Å². The summed E-state index contributed by atoms with van der Waals surface area (Å²) in [6.07, 6.45) is 0. The van der Waals surface area contributed by atoms with E-state index in [1.54, 1.807) is 0 Å². The van der Waals surface area contributed by atoms with Gasteiger partial charge in [0, 0.05) is 16.5 Å². The number of rotatable bonds is 4. The van der Waals surface area contributed by atoms with Crippen LogP contribution in [0.4, 0.5) is 0 Å². The van der Waals surface area contributed by atoms with E-state index in [1.807, 2.05) is 42.5 Å². The van der Waals surface area contributed by atoms with Crippen molar-refractivity contribution in [3.8, 4) is 33.8 Å². The van der Waals surface area contributed by atoms with Crippen LogP contribution < -0.4 is 5.46 Å². The van der Waals surface area contributed by atoms with Gasteiger partial charge >= 0.3 is 7.12 Å². The number of benzene rings is 4. The molecule has 4 nitrogen and oxygen atoms in total. The van der Waals surface area contributed by atoms with E-state index in [-0.39, 0.29) is 0 Å². The molecule has 0 unspecified atom stereocenters. The van der Waals surface area contributed by atoms with E-state index in [0.717, 1.165) is 38.8 Å². The summed E-state index contributed by atoms with van der Waals surface area (Å²) in [6, 6.07) is 35.3. The van der Waals surface area contributed by atoms with Gasteiger partial charge in [0.15, 0.2) is 5.82 Å². The quantitative estimate of drug-likeness (QED) is 0.260. The molecule has 1 aliphatic rings. The van der Waals surface area contributed by atoms with Crippen LogP contribution in [0, 0.1) is 0 Å². The number of nitrogens with zero attached hydrogens (tertiary/aromatic N) is 2. The molecule has 0 radical (unpaired) electrons. The van der Waals surface area contributed by atoms with E-state index in [4.69, 9.17) is 19.3 Å². The third-order valence-electron chi connectivity index (χ3n) is 7.52. The highest BCUT2D eigenvalue weighted by Crippen LogP contribution is 2.37. The smallest absolute Gasteiger partial charge is 0.399 e. The number of aromatic nitrogens is 2. The van der Waals surface area contributed by atoms with Gasteiger partial charge in [0.25, 0.3) is 0 Å². The summed E-state index contributed by atoms with van der Waals surface area (Å²) >= 11 is 0. The van der Waals surface area contributed by atoms with Crippen LogP contribution in [0.3, 0.4) is 0 Å². The minimum absolute atomic E-state index is 0.399. The Hall–Kier alpha value is -3.80. The van der Waals surface area contributed by atoms with Gasteiger partial charge in [-0.05, 0) is 56.4 Å². The lowest BCUT2D eigenvalue weighted by molar-refractivity contribution is 0.00578. The maximum absolute atomic E-state index is 6.30. The molecule has 0 bridgehead atoms. The van der Waals surface area contributed by atoms with Crippen molar-refractivity contribution >= 4 is 23.5 Å². The lowest BCUT2D eigenvalue weighted by atomic mass is 9.78. The van der Waals surface area contributed by atoms with Crippen molar-refractivity contribution < 1.29 is 9.31 Å². The van der Waals surface area contributed by atoms with Gasteiger partial charge in [-0.2, -0.15) is 0 Å². The molecule has 1 fully saturated rings. The van der Waals surface area contributed by atoms with Crippen LogP contribution in [0.2, 0.25) is 0 Å². The average Bonchev–Trinajstić information content (AvgIpc) is 3.15. The molecule has 0 saturated carbocycles. The number of hydrogen-bond donors (Lipinski definition) is 0. The predicted octanol–water partition coefficient (Wildman–Crippen LogP) is 6.93. The van der Waals surface area contributed by atoms with Gasteiger partial charge in [0.05, 0.1) is 22.4 Å². The van der Waals surface area contributed by atoms with Gasteiger partial charge in [-0.1, -0.05) is 91.0 Å². The van der Waals surface area contributed by atoms with Crippen LogP contribution in [0.5, 0.6) is 0 Å². The molecular weight excluding hydrogens is 455 g/mol. The van der Waals surface area contributed by atoms with Crippen molar-refractivity contribution in [1.82, 2.24) is 9.97 Å². The topological polar surface area (TPSA) is 44.2 Å². The van der Waals surface area contributed by atoms with Crippen LogP contribution in [0.15, 0.2) is 103 Å². The number of fused-ring (bicyclic) bond motifs is 1. The largest absolute Gasteiger partial charge is 0.494 e. The zero-order valence-electron chi connectivity index (χ0n) is 21.6. The highest BCUT2D eigenvalue weighted by Gasteiger charge is 2.51. The Balaban J connectivity index is 1.45. The average molecular weight is 484 g/mol. The summed E-state index contributed by atoms with van der Waals surface area (Å²) in [5, 5.41) is 1.03. The van der Waals surface area contributed by atoms with Crippen LogP contribution in [-0.4, -0.2) is 28.3 Å². The summed E-state index contributed by atoms with van der Waals surface area (Å²) in [5.41, 5.74) is 6.31. The molecule has 0 spiro atoms. The molecule has 6 rings (SSSR count). The molecule has 0 aliphatic carbocycles. The highest BCUT2D eigenvalue weighted by atomic mass is 16.7. The lowest BCUT2D eigenvalue weighted by Gasteiger charge is -2.32. The summed E-state index contributed by atoms with van der Waals surface area (Å²) in [4.78, 5) is 10.1. The zero-order valence-corrected chi connectivity index (χ0v) is 21.6. The molecule has 4 aromatic carbocycles.